The van der Waals surface area contributed by atoms with Crippen LogP contribution in [0.1, 0.15) is 5.56 Å². The second kappa shape index (κ2) is 4.60. The number of hydrogen-bond acceptors (Lipinski definition) is 1. The van der Waals surface area contributed by atoms with Crippen LogP contribution in [0.5, 0.6) is 0 Å². The van der Waals surface area contributed by atoms with Crippen molar-refractivity contribution < 1.29 is 4.79 Å². The van der Waals surface area contributed by atoms with Crippen molar-refractivity contribution in [1.82, 2.24) is 4.57 Å². The van der Waals surface area contributed by atoms with Crippen LogP contribution in [-0.4, -0.2) is 10.9 Å². The Balaban J connectivity index is 2.17. The van der Waals surface area contributed by atoms with E-state index in [4.69, 9.17) is 0 Å². The molecule has 1 heterocycles. The minimum absolute atomic E-state index is 0.564. The first-order chi connectivity index (χ1) is 10.4. The van der Waals surface area contributed by atoms with Gasteiger partial charge in [0.2, 0.25) is 6.29 Å². The second-order valence-corrected chi connectivity index (χ2v) is 5.02. The van der Waals surface area contributed by atoms with Gasteiger partial charge >= 0.3 is 0 Å². The largest absolute Gasteiger partial charge is 0.309 e. The van der Waals surface area contributed by atoms with Gasteiger partial charge in [-0.25, -0.2) is 0 Å². The quantitative estimate of drug-likeness (QED) is 0.534. The molecule has 0 N–H and O–H groups in total. The molecule has 0 aliphatic heterocycles. The highest BCUT2D eigenvalue weighted by molar-refractivity contribution is 6.09. The van der Waals surface area contributed by atoms with E-state index in [0.29, 0.717) is 5.56 Å². The summed E-state index contributed by atoms with van der Waals surface area (Å²) in [5.74, 6) is 0. The molecule has 1 radical (unpaired) electrons. The van der Waals surface area contributed by atoms with Crippen LogP contribution in [0.15, 0.2) is 72.8 Å². The number of para-hydroxylation sites is 2. The van der Waals surface area contributed by atoms with Crippen molar-refractivity contribution in [2.45, 2.75) is 0 Å². The molecule has 0 aliphatic rings. The first kappa shape index (κ1) is 11.9. The molecule has 0 atom stereocenters. The highest BCUT2D eigenvalue weighted by Gasteiger charge is 2.11. The molecule has 0 amide bonds. The molecular weight excluding hydrogens is 258 g/mol. The molecule has 99 valence electrons. The third kappa shape index (κ3) is 1.77. The number of carbonyl (C=O) groups excluding carboxylic acids is 1. The highest BCUT2D eigenvalue weighted by atomic mass is 16.1. The molecule has 0 fully saturated rings. The molecule has 1 aromatic heterocycles. The van der Waals surface area contributed by atoms with Gasteiger partial charge in [0.25, 0.3) is 0 Å². The number of rotatable bonds is 2. The van der Waals surface area contributed by atoms with E-state index in [2.05, 4.69) is 41.0 Å². The van der Waals surface area contributed by atoms with Crippen LogP contribution in [0.4, 0.5) is 0 Å². The molecule has 0 spiro atoms. The Bertz CT molecular complexity index is 912. The van der Waals surface area contributed by atoms with Crippen LogP contribution in [0, 0.1) is 0 Å². The van der Waals surface area contributed by atoms with Gasteiger partial charge in [-0.15, -0.1) is 0 Å². The Morgan fingerprint density at radius 1 is 0.714 bits per heavy atom. The second-order valence-electron chi connectivity index (χ2n) is 5.02. The number of benzene rings is 3. The molecule has 2 heteroatoms. The van der Waals surface area contributed by atoms with Crippen LogP contribution in [-0.2, 0) is 4.79 Å². The Morgan fingerprint density at radius 2 is 1.33 bits per heavy atom. The van der Waals surface area contributed by atoms with Gasteiger partial charge in [0.05, 0.1) is 11.0 Å². The molecule has 0 saturated heterocycles. The maximum atomic E-state index is 10.9. The standard InChI is InChI=1S/C19H12NO/c21-13-14-6-5-7-15(12-14)20-18-10-3-1-8-16(18)17-9-2-4-11-19(17)20/h1-12H. The summed E-state index contributed by atoms with van der Waals surface area (Å²) >= 11 is 0. The molecule has 0 bridgehead atoms. The maximum Gasteiger partial charge on any atom is 0.233 e. The van der Waals surface area contributed by atoms with Gasteiger partial charge in [-0.05, 0) is 24.3 Å². The van der Waals surface area contributed by atoms with E-state index in [0.717, 1.165) is 16.7 Å². The predicted molar refractivity (Wildman–Crippen MR) is 85.6 cm³/mol. The van der Waals surface area contributed by atoms with Crippen molar-refractivity contribution >= 4 is 28.1 Å². The van der Waals surface area contributed by atoms with Crippen molar-refractivity contribution in [3.63, 3.8) is 0 Å². The fourth-order valence-electron chi connectivity index (χ4n) is 2.91. The Labute approximate surface area is 122 Å². The van der Waals surface area contributed by atoms with E-state index in [-0.39, 0.29) is 0 Å². The molecule has 3 aromatic carbocycles. The Kier molecular flexibility index (Phi) is 2.61. The van der Waals surface area contributed by atoms with E-state index >= 15 is 0 Å². The minimum atomic E-state index is 0.564. The summed E-state index contributed by atoms with van der Waals surface area (Å²) in [5.41, 5.74) is 3.83. The maximum absolute atomic E-state index is 10.9. The first-order valence-corrected chi connectivity index (χ1v) is 6.85. The Morgan fingerprint density at radius 3 is 1.95 bits per heavy atom. The molecule has 0 unspecified atom stereocenters. The number of fused-ring (bicyclic) bond motifs is 3. The number of hydrogen-bond donors (Lipinski definition) is 0. The van der Waals surface area contributed by atoms with Crippen molar-refractivity contribution in [2.75, 3.05) is 0 Å². The SMILES string of the molecule is O=[C]c1cccc(-n2c3ccccc3c3ccccc32)c1. The van der Waals surface area contributed by atoms with E-state index in [1.165, 1.54) is 10.8 Å². The van der Waals surface area contributed by atoms with Gasteiger partial charge in [-0.3, -0.25) is 4.79 Å². The summed E-state index contributed by atoms with van der Waals surface area (Å²) in [6, 6.07) is 24.2. The van der Waals surface area contributed by atoms with Gasteiger partial charge < -0.3 is 4.57 Å². The molecule has 4 aromatic rings. The summed E-state index contributed by atoms with van der Waals surface area (Å²) in [6.45, 7) is 0. The van der Waals surface area contributed by atoms with E-state index in [1.807, 2.05) is 36.6 Å². The zero-order valence-corrected chi connectivity index (χ0v) is 11.3. The summed E-state index contributed by atoms with van der Waals surface area (Å²) < 4.78 is 2.19. The van der Waals surface area contributed by atoms with Crippen LogP contribution < -0.4 is 0 Å². The number of nitrogens with zero attached hydrogens (tertiary/aromatic N) is 1. The third-order valence-electron chi connectivity index (χ3n) is 3.80. The van der Waals surface area contributed by atoms with Gasteiger partial charge in [0, 0.05) is 22.0 Å². The fourth-order valence-corrected chi connectivity index (χ4v) is 2.91. The zero-order valence-electron chi connectivity index (χ0n) is 11.3. The monoisotopic (exact) mass is 270 g/mol. The smallest absolute Gasteiger partial charge is 0.233 e. The molecule has 0 aliphatic carbocycles. The lowest BCUT2D eigenvalue weighted by atomic mass is 10.2. The van der Waals surface area contributed by atoms with Crippen molar-refractivity contribution in [3.8, 4) is 5.69 Å². The van der Waals surface area contributed by atoms with E-state index in [1.54, 1.807) is 6.07 Å². The lowest BCUT2D eigenvalue weighted by molar-refractivity contribution is 0.562. The fraction of sp³-hybridized carbons (Fsp3) is 0. The van der Waals surface area contributed by atoms with Gasteiger partial charge in [0.15, 0.2) is 0 Å². The highest BCUT2D eigenvalue weighted by Crippen LogP contribution is 2.31. The first-order valence-electron chi connectivity index (χ1n) is 6.85. The topological polar surface area (TPSA) is 22.0 Å². The average Bonchev–Trinajstić information content (AvgIpc) is 2.89. The van der Waals surface area contributed by atoms with Crippen molar-refractivity contribution in [1.29, 1.82) is 0 Å². The molecule has 21 heavy (non-hydrogen) atoms. The summed E-state index contributed by atoms with van der Waals surface area (Å²) in [5, 5.41) is 2.43. The van der Waals surface area contributed by atoms with E-state index < -0.39 is 0 Å². The minimum Gasteiger partial charge on any atom is -0.309 e. The van der Waals surface area contributed by atoms with Crippen LogP contribution in [0.3, 0.4) is 0 Å². The molecular formula is C19H12NO. The van der Waals surface area contributed by atoms with Crippen molar-refractivity contribution in [3.05, 3.63) is 78.4 Å². The zero-order chi connectivity index (χ0) is 14.2. The van der Waals surface area contributed by atoms with Crippen LogP contribution >= 0.6 is 0 Å². The summed E-state index contributed by atoms with van der Waals surface area (Å²) in [4.78, 5) is 10.9. The molecule has 0 saturated carbocycles. The van der Waals surface area contributed by atoms with Crippen LogP contribution in [0.25, 0.3) is 27.5 Å². The number of aromatic nitrogens is 1. The summed E-state index contributed by atoms with van der Waals surface area (Å²) in [6.07, 6.45) is 1.96. The lowest BCUT2D eigenvalue weighted by Gasteiger charge is -2.07. The average molecular weight is 270 g/mol. The van der Waals surface area contributed by atoms with Gasteiger partial charge in [-0.2, -0.15) is 0 Å². The van der Waals surface area contributed by atoms with Crippen LogP contribution in [0.2, 0.25) is 0 Å². The summed E-state index contributed by atoms with van der Waals surface area (Å²) in [7, 11) is 0. The molecule has 4 rings (SSSR count). The van der Waals surface area contributed by atoms with Gasteiger partial charge in [-0.1, -0.05) is 48.5 Å². The van der Waals surface area contributed by atoms with Crippen molar-refractivity contribution in [2.24, 2.45) is 0 Å². The predicted octanol–water partition coefficient (Wildman–Crippen LogP) is 4.24. The Hall–Kier alpha value is -2.87. The van der Waals surface area contributed by atoms with E-state index in [9.17, 15) is 4.79 Å². The molecule has 2 nitrogen and oxygen atoms in total. The van der Waals surface area contributed by atoms with Gasteiger partial charge in [0.1, 0.15) is 0 Å². The lowest BCUT2D eigenvalue weighted by Crippen LogP contribution is -1.94. The third-order valence-corrected chi connectivity index (χ3v) is 3.80. The normalized spacial score (nSPS) is 11.0.